The largest absolute Gasteiger partial charge is 0.348 e. The molecule has 1 N–H and O–H groups in total. The number of carbonyl (C=O) groups excluding carboxylic acids is 1. The molecule has 1 fully saturated rings. The number of anilines is 2. The summed E-state index contributed by atoms with van der Waals surface area (Å²) in [6, 6.07) is 15.8. The maximum Gasteiger partial charge on any atom is 0.276 e. The Bertz CT molecular complexity index is 1250. The number of hydrogen-bond donors (Lipinski definition) is 1. The summed E-state index contributed by atoms with van der Waals surface area (Å²) in [7, 11) is 0. The van der Waals surface area contributed by atoms with E-state index in [0.29, 0.717) is 17.2 Å². The third kappa shape index (κ3) is 3.72. The van der Waals surface area contributed by atoms with Crippen LogP contribution in [0.5, 0.6) is 0 Å². The second-order valence-corrected chi connectivity index (χ2v) is 7.47. The summed E-state index contributed by atoms with van der Waals surface area (Å²) in [4.78, 5) is 19.2. The second-order valence-electron chi connectivity index (χ2n) is 7.47. The first-order valence-electron chi connectivity index (χ1n) is 10.0. The first-order valence-corrected chi connectivity index (χ1v) is 10.0. The zero-order valence-electron chi connectivity index (χ0n) is 16.5. The molecule has 2 aromatic carbocycles. The molecule has 0 saturated carbocycles. The molecular weight excluding hydrogens is 400 g/mol. The van der Waals surface area contributed by atoms with Gasteiger partial charge in [-0.1, -0.05) is 12.1 Å². The Labute approximate surface area is 177 Å². The standard InChI is InChI=1S/C23H19F2N5O/c24-16-6-8-18(9-7-16)27-23(31)20-14-26-21-10-11-22(28-30(20)21)29-12-2-5-19(29)15-3-1-4-17(25)13-15/h1,3-4,6-11,13-14,19H,2,5,12H2,(H,27,31)/t19-/m1/s1. The van der Waals surface area contributed by atoms with Gasteiger partial charge in [0.1, 0.15) is 17.5 Å². The van der Waals surface area contributed by atoms with E-state index in [-0.39, 0.29) is 23.4 Å². The molecule has 5 rings (SSSR count). The van der Waals surface area contributed by atoms with Gasteiger partial charge in [0.15, 0.2) is 11.3 Å². The van der Waals surface area contributed by atoms with Crippen molar-refractivity contribution in [2.75, 3.05) is 16.8 Å². The summed E-state index contributed by atoms with van der Waals surface area (Å²) in [5.74, 6) is -0.348. The van der Waals surface area contributed by atoms with Gasteiger partial charge < -0.3 is 10.2 Å². The summed E-state index contributed by atoms with van der Waals surface area (Å²) >= 11 is 0. The first kappa shape index (κ1) is 19.2. The topological polar surface area (TPSA) is 62.5 Å². The predicted molar refractivity (Wildman–Crippen MR) is 113 cm³/mol. The number of fused-ring (bicyclic) bond motifs is 1. The van der Waals surface area contributed by atoms with Gasteiger partial charge in [0, 0.05) is 12.2 Å². The van der Waals surface area contributed by atoms with Gasteiger partial charge in [-0.05, 0) is 66.9 Å². The number of benzene rings is 2. The minimum absolute atomic E-state index is 0.0145. The molecule has 0 unspecified atom stereocenters. The highest BCUT2D eigenvalue weighted by molar-refractivity contribution is 6.03. The lowest BCUT2D eigenvalue weighted by atomic mass is 10.0. The van der Waals surface area contributed by atoms with Crippen LogP contribution < -0.4 is 10.2 Å². The molecule has 0 spiro atoms. The van der Waals surface area contributed by atoms with Crippen molar-refractivity contribution in [2.24, 2.45) is 0 Å². The maximum atomic E-state index is 13.7. The Morgan fingerprint density at radius 1 is 1.03 bits per heavy atom. The molecule has 1 aliphatic heterocycles. The number of aromatic nitrogens is 3. The predicted octanol–water partition coefficient (Wildman–Crippen LogP) is 4.60. The minimum atomic E-state index is -0.396. The lowest BCUT2D eigenvalue weighted by Crippen LogP contribution is -2.25. The van der Waals surface area contributed by atoms with Crippen molar-refractivity contribution in [2.45, 2.75) is 18.9 Å². The molecule has 1 saturated heterocycles. The van der Waals surface area contributed by atoms with Crippen LogP contribution in [0.2, 0.25) is 0 Å². The molecule has 156 valence electrons. The highest BCUT2D eigenvalue weighted by Crippen LogP contribution is 2.35. The van der Waals surface area contributed by atoms with Crippen LogP contribution in [-0.2, 0) is 0 Å². The van der Waals surface area contributed by atoms with Gasteiger partial charge in [0.25, 0.3) is 5.91 Å². The SMILES string of the molecule is O=C(Nc1ccc(F)cc1)c1cnc2ccc(N3CCC[C@@H]3c3cccc(F)c3)nn12. The van der Waals surface area contributed by atoms with Gasteiger partial charge in [0.2, 0.25) is 0 Å². The van der Waals surface area contributed by atoms with Gasteiger partial charge in [0.05, 0.1) is 12.2 Å². The number of amides is 1. The third-order valence-electron chi connectivity index (χ3n) is 5.46. The average Bonchev–Trinajstić information content (AvgIpc) is 3.42. The Morgan fingerprint density at radius 3 is 2.68 bits per heavy atom. The highest BCUT2D eigenvalue weighted by atomic mass is 19.1. The van der Waals surface area contributed by atoms with Gasteiger partial charge in [-0.25, -0.2) is 18.3 Å². The first-order chi connectivity index (χ1) is 15.1. The van der Waals surface area contributed by atoms with Crippen LogP contribution in [0.3, 0.4) is 0 Å². The number of imidazole rings is 1. The quantitative estimate of drug-likeness (QED) is 0.525. The van der Waals surface area contributed by atoms with Crippen LogP contribution in [0.25, 0.3) is 5.65 Å². The van der Waals surface area contributed by atoms with Crippen LogP contribution in [-0.4, -0.2) is 27.0 Å². The molecule has 8 heteroatoms. The number of nitrogens with zero attached hydrogens (tertiary/aromatic N) is 4. The molecule has 1 aliphatic rings. The Kier molecular flexibility index (Phi) is 4.82. The van der Waals surface area contributed by atoms with Crippen molar-refractivity contribution >= 4 is 23.1 Å². The second kappa shape index (κ2) is 7.79. The fraction of sp³-hybridized carbons (Fsp3) is 0.174. The van der Waals surface area contributed by atoms with E-state index in [2.05, 4.69) is 20.3 Å². The molecule has 0 bridgehead atoms. The van der Waals surface area contributed by atoms with Crippen molar-refractivity contribution < 1.29 is 13.6 Å². The zero-order chi connectivity index (χ0) is 21.4. The highest BCUT2D eigenvalue weighted by Gasteiger charge is 2.28. The summed E-state index contributed by atoms with van der Waals surface area (Å²) in [5, 5.41) is 7.39. The average molecular weight is 419 g/mol. The molecule has 1 amide bonds. The van der Waals surface area contributed by atoms with Crippen LogP contribution in [0, 0.1) is 11.6 Å². The monoisotopic (exact) mass is 419 g/mol. The van der Waals surface area contributed by atoms with Crippen LogP contribution in [0.1, 0.15) is 34.9 Å². The number of nitrogens with one attached hydrogen (secondary N) is 1. The molecule has 1 atom stereocenters. The van der Waals surface area contributed by atoms with Gasteiger partial charge in [-0.15, -0.1) is 5.10 Å². The van der Waals surface area contributed by atoms with Crippen molar-refractivity contribution in [3.8, 4) is 0 Å². The van der Waals surface area contributed by atoms with Gasteiger partial charge in [-0.2, -0.15) is 0 Å². The summed E-state index contributed by atoms with van der Waals surface area (Å²) < 4.78 is 28.4. The van der Waals surface area contributed by atoms with Crippen molar-refractivity contribution in [1.82, 2.24) is 14.6 Å². The molecular formula is C23H19F2N5O. The lowest BCUT2D eigenvalue weighted by Gasteiger charge is -2.26. The van der Waals surface area contributed by atoms with Crippen LogP contribution in [0.15, 0.2) is 66.9 Å². The van der Waals surface area contributed by atoms with E-state index in [0.717, 1.165) is 24.9 Å². The van der Waals surface area contributed by atoms with Gasteiger partial charge in [-0.3, -0.25) is 4.79 Å². The van der Waals surface area contributed by atoms with E-state index >= 15 is 0 Å². The van der Waals surface area contributed by atoms with E-state index in [1.807, 2.05) is 12.1 Å². The van der Waals surface area contributed by atoms with Crippen molar-refractivity contribution in [3.05, 3.63) is 89.8 Å². The van der Waals surface area contributed by atoms with E-state index in [1.165, 1.54) is 41.0 Å². The Balaban J connectivity index is 1.46. The fourth-order valence-electron chi connectivity index (χ4n) is 4.00. The summed E-state index contributed by atoms with van der Waals surface area (Å²) in [5.41, 5.74) is 2.18. The number of carbonyl (C=O) groups is 1. The minimum Gasteiger partial charge on any atom is -0.348 e. The zero-order valence-corrected chi connectivity index (χ0v) is 16.5. The molecule has 31 heavy (non-hydrogen) atoms. The molecule has 0 aliphatic carbocycles. The Hall–Kier alpha value is -3.81. The van der Waals surface area contributed by atoms with E-state index < -0.39 is 5.91 Å². The van der Waals surface area contributed by atoms with Crippen LogP contribution >= 0.6 is 0 Å². The van der Waals surface area contributed by atoms with Crippen molar-refractivity contribution in [1.29, 1.82) is 0 Å². The summed E-state index contributed by atoms with van der Waals surface area (Å²) in [6.07, 6.45) is 3.31. The molecule has 3 heterocycles. The van der Waals surface area contributed by atoms with E-state index in [4.69, 9.17) is 0 Å². The number of hydrogen-bond acceptors (Lipinski definition) is 4. The molecule has 0 radical (unpaired) electrons. The maximum absolute atomic E-state index is 13.7. The molecule has 2 aromatic heterocycles. The third-order valence-corrected chi connectivity index (χ3v) is 5.46. The number of halogens is 2. The molecule has 6 nitrogen and oxygen atoms in total. The van der Waals surface area contributed by atoms with Gasteiger partial charge >= 0.3 is 0 Å². The van der Waals surface area contributed by atoms with E-state index in [9.17, 15) is 13.6 Å². The van der Waals surface area contributed by atoms with E-state index in [1.54, 1.807) is 18.2 Å². The smallest absolute Gasteiger partial charge is 0.276 e. The normalized spacial score (nSPS) is 16.1. The molecule has 4 aromatic rings. The lowest BCUT2D eigenvalue weighted by molar-refractivity contribution is 0.102. The number of rotatable bonds is 4. The summed E-state index contributed by atoms with van der Waals surface area (Å²) in [6.45, 7) is 0.783. The van der Waals surface area contributed by atoms with Crippen molar-refractivity contribution in [3.63, 3.8) is 0 Å². The Morgan fingerprint density at radius 2 is 1.87 bits per heavy atom. The fourth-order valence-corrected chi connectivity index (χ4v) is 4.00. The van der Waals surface area contributed by atoms with Crippen LogP contribution in [0.4, 0.5) is 20.3 Å².